The summed E-state index contributed by atoms with van der Waals surface area (Å²) in [6.45, 7) is 4.21. The standard InChI is InChI=1S/C15H25S.C7H13NO8S/c1-3-5-12-16(13-6-4-2)14-15-10-8-7-9-11-15;1-14-6(9)3-5(7(10)15-2)4-8-16-17(11,12)13/h7-11H,3-6,12-14H2,1-2H3;5,8H,3-4H2,1-2H3,(H,11,12,13)/q+1;/p-1. The van der Waals surface area contributed by atoms with Crippen LogP contribution in [0.1, 0.15) is 51.5 Å². The zero-order chi connectivity index (χ0) is 25.1. The number of unbranched alkanes of at least 4 members (excludes halogenated alkanes) is 2. The number of ether oxygens (including phenoxy) is 2. The van der Waals surface area contributed by atoms with Gasteiger partial charge in [-0.25, -0.2) is 8.42 Å². The van der Waals surface area contributed by atoms with Gasteiger partial charge in [0.15, 0.2) is 0 Å². The Labute approximate surface area is 200 Å². The van der Waals surface area contributed by atoms with E-state index in [2.05, 4.69) is 57.9 Å². The number of carbonyl (C=O) groups is 2. The molecule has 0 fully saturated rings. The first-order chi connectivity index (χ1) is 15.7. The smallest absolute Gasteiger partial charge is 0.310 e. The Hall–Kier alpha value is -1.66. The van der Waals surface area contributed by atoms with E-state index >= 15 is 0 Å². The van der Waals surface area contributed by atoms with Gasteiger partial charge in [0.2, 0.25) is 10.4 Å². The van der Waals surface area contributed by atoms with Crippen LogP contribution in [0.4, 0.5) is 0 Å². The molecule has 0 amide bonds. The van der Waals surface area contributed by atoms with Crippen LogP contribution < -0.4 is 5.48 Å². The molecule has 1 atom stereocenters. The van der Waals surface area contributed by atoms with Crippen molar-refractivity contribution in [3.63, 3.8) is 0 Å². The van der Waals surface area contributed by atoms with Crippen molar-refractivity contribution in [3.8, 4) is 0 Å². The van der Waals surface area contributed by atoms with Gasteiger partial charge in [0.05, 0.1) is 26.6 Å². The maximum absolute atomic E-state index is 11.2. The lowest BCUT2D eigenvalue weighted by molar-refractivity contribution is -0.152. The number of hydrogen-bond acceptors (Lipinski definition) is 9. The number of esters is 2. The second kappa shape index (κ2) is 18.7. The first-order valence-corrected chi connectivity index (χ1v) is 13.9. The molecule has 0 saturated carbocycles. The first kappa shape index (κ1) is 31.3. The first-order valence-electron chi connectivity index (χ1n) is 10.9. The minimum Gasteiger partial charge on any atom is -0.724 e. The Morgan fingerprint density at radius 3 is 2.06 bits per heavy atom. The highest BCUT2D eigenvalue weighted by atomic mass is 32.3. The molecule has 0 spiro atoms. The molecule has 9 nitrogen and oxygen atoms in total. The number of hydroxylamine groups is 1. The lowest BCUT2D eigenvalue weighted by Gasteiger charge is -2.14. The monoisotopic (exact) mass is 507 g/mol. The molecule has 1 rings (SSSR count). The van der Waals surface area contributed by atoms with E-state index in [9.17, 15) is 22.6 Å². The fourth-order valence-electron chi connectivity index (χ4n) is 2.65. The Kier molecular flexibility index (Phi) is 17.8. The highest BCUT2D eigenvalue weighted by Crippen LogP contribution is 2.13. The molecule has 11 heteroatoms. The van der Waals surface area contributed by atoms with Crippen molar-refractivity contribution in [1.82, 2.24) is 5.48 Å². The van der Waals surface area contributed by atoms with Crippen LogP contribution in [0.2, 0.25) is 0 Å². The molecule has 0 radical (unpaired) electrons. The van der Waals surface area contributed by atoms with Crippen LogP contribution in [0.25, 0.3) is 0 Å². The summed E-state index contributed by atoms with van der Waals surface area (Å²) < 4.78 is 42.6. The molecule has 0 aliphatic carbocycles. The molecule has 33 heavy (non-hydrogen) atoms. The Balaban J connectivity index is 0.000000621. The van der Waals surface area contributed by atoms with Crippen LogP contribution in [-0.2, 0) is 50.4 Å². The van der Waals surface area contributed by atoms with Gasteiger partial charge in [0, 0.05) is 12.1 Å². The lowest BCUT2D eigenvalue weighted by Crippen LogP contribution is -2.32. The zero-order valence-corrected chi connectivity index (χ0v) is 21.5. The number of hydrogen-bond donors (Lipinski definition) is 1. The van der Waals surface area contributed by atoms with Gasteiger partial charge in [-0.2, -0.15) is 9.76 Å². The predicted octanol–water partition coefficient (Wildman–Crippen LogP) is 2.73. The largest absolute Gasteiger partial charge is 0.724 e. The molecule has 1 aromatic rings. The maximum atomic E-state index is 11.2. The molecule has 0 heterocycles. The van der Waals surface area contributed by atoms with Crippen molar-refractivity contribution >= 4 is 33.2 Å². The van der Waals surface area contributed by atoms with E-state index in [1.165, 1.54) is 48.5 Å². The second-order valence-electron chi connectivity index (χ2n) is 7.20. The molecule has 1 N–H and O–H groups in total. The summed E-state index contributed by atoms with van der Waals surface area (Å²) in [6.07, 6.45) is 5.15. The van der Waals surface area contributed by atoms with Gasteiger partial charge < -0.3 is 14.0 Å². The minimum atomic E-state index is -4.92. The predicted molar refractivity (Wildman–Crippen MR) is 128 cm³/mol. The van der Waals surface area contributed by atoms with Gasteiger partial charge in [0.1, 0.15) is 17.3 Å². The van der Waals surface area contributed by atoms with Crippen LogP contribution in [0.5, 0.6) is 0 Å². The summed E-state index contributed by atoms with van der Waals surface area (Å²) in [6, 6.07) is 11.0. The number of methoxy groups -OCH3 is 2. The Morgan fingerprint density at radius 1 is 1.03 bits per heavy atom. The van der Waals surface area contributed by atoms with Crippen LogP contribution in [0.3, 0.4) is 0 Å². The molecular weight excluding hydrogens is 470 g/mol. The van der Waals surface area contributed by atoms with Gasteiger partial charge in [0.25, 0.3) is 0 Å². The van der Waals surface area contributed by atoms with E-state index in [1.54, 1.807) is 5.48 Å². The van der Waals surface area contributed by atoms with Crippen molar-refractivity contribution in [2.75, 3.05) is 32.3 Å². The van der Waals surface area contributed by atoms with E-state index in [0.29, 0.717) is 10.9 Å². The average molecular weight is 508 g/mol. The van der Waals surface area contributed by atoms with Gasteiger partial charge >= 0.3 is 11.9 Å². The average Bonchev–Trinajstić information content (AvgIpc) is 2.79. The Morgan fingerprint density at radius 2 is 1.61 bits per heavy atom. The molecule has 0 saturated heterocycles. The van der Waals surface area contributed by atoms with E-state index < -0.39 is 28.3 Å². The summed E-state index contributed by atoms with van der Waals surface area (Å²) in [5.74, 6) is 1.70. The van der Waals surface area contributed by atoms with Gasteiger partial charge in [-0.3, -0.25) is 9.59 Å². The van der Waals surface area contributed by atoms with Crippen molar-refractivity contribution < 1.29 is 36.3 Å². The minimum absolute atomic E-state index is 0.335. The van der Waals surface area contributed by atoms with Crippen LogP contribution in [0, 0.1) is 5.92 Å². The molecule has 0 aromatic heterocycles. The molecule has 1 unspecified atom stereocenters. The molecule has 1 aromatic carbocycles. The third kappa shape index (κ3) is 17.5. The van der Waals surface area contributed by atoms with Crippen molar-refractivity contribution in [3.05, 3.63) is 35.9 Å². The summed E-state index contributed by atoms with van der Waals surface area (Å²) in [4.78, 5) is 22.1. The normalized spacial score (nSPS) is 11.9. The number of benzene rings is 1. The highest BCUT2D eigenvalue weighted by molar-refractivity contribution is 7.96. The van der Waals surface area contributed by atoms with Crippen LogP contribution in [-0.4, -0.2) is 57.2 Å². The summed E-state index contributed by atoms with van der Waals surface area (Å²) in [7, 11) is -2.07. The third-order valence-corrected chi connectivity index (χ3v) is 7.25. The van der Waals surface area contributed by atoms with Gasteiger partial charge in [-0.05, 0) is 23.7 Å². The van der Waals surface area contributed by atoms with E-state index in [0.717, 1.165) is 14.2 Å². The highest BCUT2D eigenvalue weighted by Gasteiger charge is 2.23. The van der Waals surface area contributed by atoms with Gasteiger partial charge in [-0.15, -0.1) is 0 Å². The van der Waals surface area contributed by atoms with Crippen molar-refractivity contribution in [2.45, 2.75) is 51.7 Å². The summed E-state index contributed by atoms with van der Waals surface area (Å²) in [5.41, 5.74) is 3.29. The fourth-order valence-corrected chi connectivity index (χ4v) is 5.41. The molecule has 0 aliphatic heterocycles. The van der Waals surface area contributed by atoms with Gasteiger partial charge in [-0.1, -0.05) is 57.0 Å². The molecule has 0 aliphatic rings. The lowest BCUT2D eigenvalue weighted by atomic mass is 10.1. The van der Waals surface area contributed by atoms with Crippen LogP contribution >= 0.6 is 0 Å². The number of carbonyl (C=O) groups excluding carboxylic acids is 2. The topological polar surface area (TPSA) is 131 Å². The van der Waals surface area contributed by atoms with E-state index in [4.69, 9.17) is 0 Å². The molecule has 190 valence electrons. The van der Waals surface area contributed by atoms with Crippen LogP contribution in [0.15, 0.2) is 30.3 Å². The number of rotatable bonds is 15. The SMILES string of the molecule is CCCC[S+](CCCC)Cc1ccccc1.COC(=O)CC(CNOS(=O)(=O)[O-])C(=O)OC. The molecule has 0 bridgehead atoms. The van der Waals surface area contributed by atoms with Crippen molar-refractivity contribution in [1.29, 1.82) is 0 Å². The van der Waals surface area contributed by atoms with E-state index in [-0.39, 0.29) is 13.0 Å². The Bertz CT molecular complexity index is 751. The number of nitrogens with one attached hydrogen (secondary N) is 1. The van der Waals surface area contributed by atoms with E-state index in [1.807, 2.05) is 0 Å². The quantitative estimate of drug-likeness (QED) is 0.125. The molecular formula is C22H37NO8S2. The fraction of sp³-hybridized carbons (Fsp3) is 0.636. The third-order valence-electron chi connectivity index (χ3n) is 4.45. The van der Waals surface area contributed by atoms with Crippen molar-refractivity contribution in [2.24, 2.45) is 5.92 Å². The summed E-state index contributed by atoms with van der Waals surface area (Å²) in [5, 5.41) is 0. The zero-order valence-electron chi connectivity index (χ0n) is 19.9. The second-order valence-corrected chi connectivity index (χ2v) is 10.5. The maximum Gasteiger partial charge on any atom is 0.310 e. The summed E-state index contributed by atoms with van der Waals surface area (Å²) >= 11 is 0.